The number of halogens is 2. The van der Waals surface area contributed by atoms with Gasteiger partial charge in [0.15, 0.2) is 5.82 Å². The lowest BCUT2D eigenvalue weighted by Crippen LogP contribution is -2.21. The number of nitrogens with one attached hydrogen (secondary N) is 2. The first kappa shape index (κ1) is 16.1. The van der Waals surface area contributed by atoms with Crippen molar-refractivity contribution in [2.24, 2.45) is 0 Å². The maximum absolute atomic E-state index is 11.9. The Hall–Kier alpha value is -2.32. The zero-order chi connectivity index (χ0) is 16.1. The Morgan fingerprint density at radius 3 is 2.59 bits per heavy atom. The van der Waals surface area contributed by atoms with Gasteiger partial charge in [0.1, 0.15) is 6.54 Å². The molecule has 1 aromatic carbocycles. The summed E-state index contributed by atoms with van der Waals surface area (Å²) in [7, 11) is 1.22. The smallest absolute Gasteiger partial charge is 0.412 e. The quantitative estimate of drug-likeness (QED) is 0.888. The minimum atomic E-state index is -0.681. The first-order chi connectivity index (χ1) is 10.5. The summed E-state index contributed by atoms with van der Waals surface area (Å²) in [5.41, 5.74) is 0.316. The number of ether oxygens (including phenoxy) is 1. The number of aromatic nitrogens is 3. The Morgan fingerprint density at radius 1 is 1.27 bits per heavy atom. The summed E-state index contributed by atoms with van der Waals surface area (Å²) in [6, 6.07) is 4.88. The zero-order valence-electron chi connectivity index (χ0n) is 11.3. The van der Waals surface area contributed by atoms with E-state index in [9.17, 15) is 9.59 Å². The molecule has 1 aromatic heterocycles. The maximum Gasteiger partial charge on any atom is 0.412 e. The second-order valence-electron chi connectivity index (χ2n) is 4.02. The number of carbonyl (C=O) groups excluding carboxylic acids is 2. The zero-order valence-corrected chi connectivity index (χ0v) is 12.9. The number of methoxy groups -OCH3 is 1. The van der Waals surface area contributed by atoms with E-state index in [4.69, 9.17) is 23.2 Å². The van der Waals surface area contributed by atoms with Gasteiger partial charge in [-0.25, -0.2) is 4.79 Å². The number of rotatable bonds is 4. The highest BCUT2D eigenvalue weighted by Crippen LogP contribution is 2.29. The Balaban J connectivity index is 1.99. The van der Waals surface area contributed by atoms with Crippen molar-refractivity contribution in [1.82, 2.24) is 15.0 Å². The average molecular weight is 344 g/mol. The van der Waals surface area contributed by atoms with Gasteiger partial charge in [-0.2, -0.15) is 9.90 Å². The van der Waals surface area contributed by atoms with Crippen LogP contribution in [0.15, 0.2) is 24.4 Å². The van der Waals surface area contributed by atoms with Gasteiger partial charge in [0.2, 0.25) is 5.91 Å². The molecule has 0 saturated heterocycles. The lowest BCUT2D eigenvalue weighted by Gasteiger charge is -2.08. The molecule has 2 N–H and O–H groups in total. The first-order valence-electron chi connectivity index (χ1n) is 5.98. The third-order valence-electron chi connectivity index (χ3n) is 2.46. The summed E-state index contributed by atoms with van der Waals surface area (Å²) in [6.07, 6.45) is 0.603. The van der Waals surface area contributed by atoms with Crippen molar-refractivity contribution < 1.29 is 14.3 Å². The molecule has 0 radical (unpaired) electrons. The Labute approximate surface area is 135 Å². The van der Waals surface area contributed by atoms with Gasteiger partial charge >= 0.3 is 6.09 Å². The molecular formula is C12H11Cl2N5O3. The molecule has 116 valence electrons. The highest BCUT2D eigenvalue weighted by Gasteiger charge is 2.12. The molecular weight excluding hydrogens is 333 g/mol. The van der Waals surface area contributed by atoms with Crippen LogP contribution in [0.2, 0.25) is 10.0 Å². The Morgan fingerprint density at radius 2 is 1.95 bits per heavy atom. The predicted molar refractivity (Wildman–Crippen MR) is 81.1 cm³/mol. The van der Waals surface area contributed by atoms with E-state index < -0.39 is 12.0 Å². The van der Waals surface area contributed by atoms with E-state index in [0.717, 1.165) is 4.80 Å². The second kappa shape index (κ2) is 7.10. The third-order valence-corrected chi connectivity index (χ3v) is 3.09. The minimum absolute atomic E-state index is 0.162. The minimum Gasteiger partial charge on any atom is -0.453 e. The van der Waals surface area contributed by atoms with Crippen molar-refractivity contribution >= 4 is 46.7 Å². The molecule has 0 saturated carbocycles. The molecule has 0 aliphatic rings. The Bertz CT molecular complexity index is 684. The van der Waals surface area contributed by atoms with Gasteiger partial charge in [-0.15, -0.1) is 5.10 Å². The topological polar surface area (TPSA) is 98.1 Å². The lowest BCUT2D eigenvalue weighted by molar-refractivity contribution is -0.117. The number of hydrogen-bond acceptors (Lipinski definition) is 5. The lowest BCUT2D eigenvalue weighted by atomic mass is 10.3. The van der Waals surface area contributed by atoms with Crippen LogP contribution >= 0.6 is 23.2 Å². The van der Waals surface area contributed by atoms with Crippen molar-refractivity contribution in [3.05, 3.63) is 34.4 Å². The summed E-state index contributed by atoms with van der Waals surface area (Å²) >= 11 is 11.9. The summed E-state index contributed by atoms with van der Waals surface area (Å²) in [6.45, 7) is -0.176. The van der Waals surface area contributed by atoms with Crippen molar-refractivity contribution in [3.63, 3.8) is 0 Å². The molecule has 0 aliphatic carbocycles. The molecule has 0 spiro atoms. The van der Waals surface area contributed by atoms with Crippen LogP contribution in [0, 0.1) is 0 Å². The fourth-order valence-electron chi connectivity index (χ4n) is 1.51. The molecule has 22 heavy (non-hydrogen) atoms. The van der Waals surface area contributed by atoms with Crippen LogP contribution in [0.25, 0.3) is 0 Å². The van der Waals surface area contributed by atoms with Gasteiger partial charge in [-0.3, -0.25) is 10.1 Å². The van der Waals surface area contributed by atoms with E-state index >= 15 is 0 Å². The van der Waals surface area contributed by atoms with Crippen LogP contribution in [0.3, 0.4) is 0 Å². The summed E-state index contributed by atoms with van der Waals surface area (Å²) in [5.74, 6) is -0.259. The molecule has 2 rings (SSSR count). The number of anilines is 2. The predicted octanol–water partition coefficient (Wildman–Crippen LogP) is 2.40. The highest BCUT2D eigenvalue weighted by molar-refractivity contribution is 6.39. The van der Waals surface area contributed by atoms with Gasteiger partial charge in [-0.1, -0.05) is 29.3 Å². The van der Waals surface area contributed by atoms with E-state index in [2.05, 4.69) is 25.6 Å². The van der Waals surface area contributed by atoms with Crippen molar-refractivity contribution in [2.75, 3.05) is 17.7 Å². The summed E-state index contributed by atoms with van der Waals surface area (Å²) in [4.78, 5) is 24.0. The van der Waals surface area contributed by atoms with Crippen molar-refractivity contribution in [1.29, 1.82) is 0 Å². The van der Waals surface area contributed by atoms with E-state index in [0.29, 0.717) is 15.7 Å². The van der Waals surface area contributed by atoms with Crippen LogP contribution in [-0.2, 0) is 16.1 Å². The maximum atomic E-state index is 11.9. The van der Waals surface area contributed by atoms with E-state index in [1.165, 1.54) is 13.3 Å². The fourth-order valence-corrected chi connectivity index (χ4v) is 2.00. The molecule has 2 aromatic rings. The van der Waals surface area contributed by atoms with Gasteiger partial charge in [0.05, 0.1) is 29.0 Å². The van der Waals surface area contributed by atoms with Gasteiger partial charge in [0, 0.05) is 0 Å². The van der Waals surface area contributed by atoms with Crippen LogP contribution in [0.4, 0.5) is 16.3 Å². The summed E-state index contributed by atoms with van der Waals surface area (Å²) < 4.78 is 4.41. The Kier molecular flexibility index (Phi) is 5.18. The largest absolute Gasteiger partial charge is 0.453 e. The van der Waals surface area contributed by atoms with E-state index in [1.807, 2.05) is 0 Å². The molecule has 2 amide bonds. The fraction of sp³-hybridized carbons (Fsp3) is 0.167. The number of carbonyl (C=O) groups is 2. The highest BCUT2D eigenvalue weighted by atomic mass is 35.5. The van der Waals surface area contributed by atoms with Crippen molar-refractivity contribution in [2.45, 2.75) is 6.54 Å². The average Bonchev–Trinajstić information content (AvgIpc) is 2.90. The second-order valence-corrected chi connectivity index (χ2v) is 4.84. The molecule has 1 heterocycles. The molecule has 0 unspecified atom stereocenters. The molecule has 0 atom stereocenters. The SMILES string of the molecule is COC(=O)Nc1cnn(CC(=O)Nc2c(Cl)cccc2Cl)n1. The van der Waals surface area contributed by atoms with E-state index in [1.54, 1.807) is 18.2 Å². The molecule has 0 fully saturated rings. The normalized spacial score (nSPS) is 10.1. The number of nitrogens with zero attached hydrogens (tertiary/aromatic N) is 3. The number of hydrogen-bond donors (Lipinski definition) is 2. The van der Waals surface area contributed by atoms with Gasteiger partial charge in [0.25, 0.3) is 0 Å². The number of benzene rings is 1. The molecule has 0 aliphatic heterocycles. The number of para-hydroxylation sites is 1. The molecule has 8 nitrogen and oxygen atoms in total. The van der Waals surface area contributed by atoms with Crippen LogP contribution < -0.4 is 10.6 Å². The summed E-state index contributed by atoms with van der Waals surface area (Å²) in [5, 5.41) is 13.3. The third kappa shape index (κ3) is 4.09. The van der Waals surface area contributed by atoms with Crippen LogP contribution in [0.5, 0.6) is 0 Å². The number of amides is 2. The monoisotopic (exact) mass is 343 g/mol. The first-order valence-corrected chi connectivity index (χ1v) is 6.74. The van der Waals surface area contributed by atoms with Gasteiger partial charge in [-0.05, 0) is 12.1 Å². The van der Waals surface area contributed by atoms with Crippen LogP contribution in [-0.4, -0.2) is 34.1 Å². The van der Waals surface area contributed by atoms with Gasteiger partial charge < -0.3 is 10.1 Å². The van der Waals surface area contributed by atoms with E-state index in [-0.39, 0.29) is 12.4 Å². The standard InChI is InChI=1S/C12H11Cl2N5O3/c1-22-12(21)16-9-5-15-19(18-9)6-10(20)17-11-7(13)3-2-4-8(11)14/h2-5H,6H2,1H3,(H,17,20)(H,16,18,21). The molecule has 0 bridgehead atoms. The molecule has 10 heteroatoms. The van der Waals surface area contributed by atoms with Crippen LogP contribution in [0.1, 0.15) is 0 Å². The van der Waals surface area contributed by atoms with Crippen molar-refractivity contribution in [3.8, 4) is 0 Å².